The lowest BCUT2D eigenvalue weighted by molar-refractivity contribution is 0.0123. The average Bonchev–Trinajstić information content (AvgIpc) is 2.31. The van der Waals surface area contributed by atoms with Crippen molar-refractivity contribution < 1.29 is 5.11 Å². The Kier molecular flexibility index (Phi) is 3.53. The largest absolute Gasteiger partial charge is 0.384 e. The van der Waals surface area contributed by atoms with Crippen molar-refractivity contribution in [1.29, 1.82) is 0 Å². The number of nitrogens with zero attached hydrogens (tertiary/aromatic N) is 2. The van der Waals surface area contributed by atoms with Crippen LogP contribution in [0.5, 0.6) is 0 Å². The smallest absolute Gasteiger partial charge is 0.101 e. The summed E-state index contributed by atoms with van der Waals surface area (Å²) in [5, 5.41) is 13.7. The summed E-state index contributed by atoms with van der Waals surface area (Å²) < 4.78 is 0. The zero-order chi connectivity index (χ0) is 11.4. The van der Waals surface area contributed by atoms with Gasteiger partial charge in [0.15, 0.2) is 0 Å². The minimum Gasteiger partial charge on any atom is -0.384 e. The molecular formula is C12H19N3O. The van der Waals surface area contributed by atoms with Crippen LogP contribution in [0.15, 0.2) is 24.5 Å². The van der Waals surface area contributed by atoms with Gasteiger partial charge in [-0.1, -0.05) is 6.07 Å². The van der Waals surface area contributed by atoms with Gasteiger partial charge in [-0.2, -0.15) is 0 Å². The van der Waals surface area contributed by atoms with Gasteiger partial charge in [-0.15, -0.1) is 0 Å². The lowest BCUT2D eigenvalue weighted by Crippen LogP contribution is -2.48. The number of aromatic nitrogens is 1. The number of rotatable bonds is 3. The second-order valence-electron chi connectivity index (χ2n) is 4.54. The summed E-state index contributed by atoms with van der Waals surface area (Å²) in [6, 6.07) is 3.79. The summed E-state index contributed by atoms with van der Waals surface area (Å²) in [6.07, 6.45) is 3.46. The standard InChI is InChI=1S/C12H19N3O/c1-12(16,11-3-2-4-14-9-11)10-15-7-5-13-6-8-15/h2-4,9,13,16H,5-8,10H2,1H3. The molecule has 1 aromatic heterocycles. The molecule has 2 N–H and O–H groups in total. The molecule has 0 spiro atoms. The van der Waals surface area contributed by atoms with E-state index < -0.39 is 5.60 Å². The molecular weight excluding hydrogens is 202 g/mol. The number of aliphatic hydroxyl groups is 1. The van der Waals surface area contributed by atoms with Crippen LogP contribution in [-0.4, -0.2) is 47.7 Å². The van der Waals surface area contributed by atoms with Gasteiger partial charge in [0, 0.05) is 50.7 Å². The van der Waals surface area contributed by atoms with Crippen LogP contribution < -0.4 is 5.32 Å². The lowest BCUT2D eigenvalue weighted by atomic mass is 9.97. The quantitative estimate of drug-likeness (QED) is 0.765. The predicted molar refractivity (Wildman–Crippen MR) is 63.1 cm³/mol. The van der Waals surface area contributed by atoms with Gasteiger partial charge in [-0.3, -0.25) is 9.88 Å². The fourth-order valence-electron chi connectivity index (χ4n) is 2.08. The van der Waals surface area contributed by atoms with E-state index in [1.54, 1.807) is 12.4 Å². The molecule has 1 aliphatic heterocycles. The van der Waals surface area contributed by atoms with Crippen molar-refractivity contribution in [1.82, 2.24) is 15.2 Å². The summed E-state index contributed by atoms with van der Waals surface area (Å²) >= 11 is 0. The van der Waals surface area contributed by atoms with Crippen molar-refractivity contribution in [2.75, 3.05) is 32.7 Å². The summed E-state index contributed by atoms with van der Waals surface area (Å²) in [5.41, 5.74) is 0.0690. The number of hydrogen-bond acceptors (Lipinski definition) is 4. The van der Waals surface area contributed by atoms with E-state index in [-0.39, 0.29) is 0 Å². The van der Waals surface area contributed by atoms with Gasteiger partial charge in [0.05, 0.1) is 0 Å². The molecule has 0 radical (unpaired) electrons. The average molecular weight is 221 g/mol. The zero-order valence-electron chi connectivity index (χ0n) is 9.69. The van der Waals surface area contributed by atoms with Gasteiger partial charge in [0.25, 0.3) is 0 Å². The van der Waals surface area contributed by atoms with Crippen LogP contribution in [0.3, 0.4) is 0 Å². The van der Waals surface area contributed by atoms with Crippen LogP contribution in [0, 0.1) is 0 Å². The first kappa shape index (κ1) is 11.5. The SMILES string of the molecule is CC(O)(CN1CCNCC1)c1cccnc1. The maximum Gasteiger partial charge on any atom is 0.101 e. The molecule has 4 nitrogen and oxygen atoms in total. The van der Waals surface area contributed by atoms with Crippen molar-refractivity contribution in [3.05, 3.63) is 30.1 Å². The minimum absolute atomic E-state index is 0.667. The lowest BCUT2D eigenvalue weighted by Gasteiger charge is -2.34. The van der Waals surface area contributed by atoms with E-state index in [9.17, 15) is 5.11 Å². The maximum absolute atomic E-state index is 10.4. The Morgan fingerprint density at radius 2 is 2.25 bits per heavy atom. The fourth-order valence-corrected chi connectivity index (χ4v) is 2.08. The summed E-state index contributed by atoms with van der Waals surface area (Å²) in [5.74, 6) is 0. The summed E-state index contributed by atoms with van der Waals surface area (Å²) in [7, 11) is 0. The van der Waals surface area contributed by atoms with Crippen molar-refractivity contribution in [3.8, 4) is 0 Å². The maximum atomic E-state index is 10.4. The van der Waals surface area contributed by atoms with Gasteiger partial charge in [0.2, 0.25) is 0 Å². The van der Waals surface area contributed by atoms with Crippen LogP contribution in [0.4, 0.5) is 0 Å². The van der Waals surface area contributed by atoms with Gasteiger partial charge in [-0.05, 0) is 13.0 Å². The van der Waals surface area contributed by atoms with E-state index in [1.165, 1.54) is 0 Å². The van der Waals surface area contributed by atoms with Crippen LogP contribution in [0.25, 0.3) is 0 Å². The van der Waals surface area contributed by atoms with Crippen LogP contribution in [0.1, 0.15) is 12.5 Å². The molecule has 4 heteroatoms. The minimum atomic E-state index is -0.814. The first-order valence-corrected chi connectivity index (χ1v) is 5.74. The van der Waals surface area contributed by atoms with Crippen molar-refractivity contribution in [2.24, 2.45) is 0 Å². The predicted octanol–water partition coefficient (Wildman–Crippen LogP) is 0.194. The molecule has 1 fully saturated rings. The topological polar surface area (TPSA) is 48.4 Å². The Bertz CT molecular complexity index is 320. The molecule has 1 saturated heterocycles. The third-order valence-corrected chi connectivity index (χ3v) is 3.02. The summed E-state index contributed by atoms with van der Waals surface area (Å²) in [6.45, 7) is 6.52. The Hall–Kier alpha value is -0.970. The third-order valence-electron chi connectivity index (χ3n) is 3.02. The molecule has 0 bridgehead atoms. The molecule has 1 unspecified atom stereocenters. The van der Waals surface area contributed by atoms with E-state index in [0.717, 1.165) is 31.7 Å². The van der Waals surface area contributed by atoms with Crippen LogP contribution in [-0.2, 0) is 5.60 Å². The van der Waals surface area contributed by atoms with Crippen molar-refractivity contribution >= 4 is 0 Å². The molecule has 1 atom stereocenters. The highest BCUT2D eigenvalue weighted by molar-refractivity contribution is 5.17. The highest BCUT2D eigenvalue weighted by atomic mass is 16.3. The number of β-amino-alcohol motifs (C(OH)–C–C–N with tert-alkyl or cyclic N) is 1. The molecule has 2 rings (SSSR count). The van der Waals surface area contributed by atoms with E-state index in [0.29, 0.717) is 6.54 Å². The highest BCUT2D eigenvalue weighted by Gasteiger charge is 2.26. The zero-order valence-corrected chi connectivity index (χ0v) is 9.69. The molecule has 88 valence electrons. The van der Waals surface area contributed by atoms with Crippen LogP contribution in [0.2, 0.25) is 0 Å². The molecule has 1 aromatic rings. The second kappa shape index (κ2) is 4.91. The van der Waals surface area contributed by atoms with Gasteiger partial charge in [-0.25, -0.2) is 0 Å². The Morgan fingerprint density at radius 1 is 1.50 bits per heavy atom. The third kappa shape index (κ3) is 2.78. The first-order valence-electron chi connectivity index (χ1n) is 5.74. The Balaban J connectivity index is 2.01. The fraction of sp³-hybridized carbons (Fsp3) is 0.583. The monoisotopic (exact) mass is 221 g/mol. The van der Waals surface area contributed by atoms with E-state index in [4.69, 9.17) is 0 Å². The Labute approximate surface area is 96.3 Å². The van der Waals surface area contributed by atoms with Crippen molar-refractivity contribution in [3.63, 3.8) is 0 Å². The number of piperazine rings is 1. The van der Waals surface area contributed by atoms with E-state index in [2.05, 4.69) is 15.2 Å². The number of pyridine rings is 1. The Morgan fingerprint density at radius 3 is 2.88 bits per heavy atom. The second-order valence-corrected chi connectivity index (χ2v) is 4.54. The molecule has 16 heavy (non-hydrogen) atoms. The first-order chi connectivity index (χ1) is 7.68. The van der Waals surface area contributed by atoms with Gasteiger partial charge >= 0.3 is 0 Å². The molecule has 0 aromatic carbocycles. The highest BCUT2D eigenvalue weighted by Crippen LogP contribution is 2.20. The normalized spacial score (nSPS) is 21.6. The molecule has 0 saturated carbocycles. The van der Waals surface area contributed by atoms with Gasteiger partial charge < -0.3 is 10.4 Å². The molecule has 1 aliphatic rings. The van der Waals surface area contributed by atoms with Crippen LogP contribution >= 0.6 is 0 Å². The number of hydrogen-bond donors (Lipinski definition) is 2. The summed E-state index contributed by atoms with van der Waals surface area (Å²) in [4.78, 5) is 6.33. The van der Waals surface area contributed by atoms with Gasteiger partial charge in [0.1, 0.15) is 5.60 Å². The van der Waals surface area contributed by atoms with E-state index in [1.807, 2.05) is 19.1 Å². The number of nitrogens with one attached hydrogen (secondary N) is 1. The van der Waals surface area contributed by atoms with Crippen molar-refractivity contribution in [2.45, 2.75) is 12.5 Å². The molecule has 0 amide bonds. The molecule has 0 aliphatic carbocycles. The van der Waals surface area contributed by atoms with E-state index >= 15 is 0 Å². The molecule has 2 heterocycles.